The molecular weight excluding hydrogens is 420 g/mol. The van der Waals surface area contributed by atoms with Gasteiger partial charge in [-0.2, -0.15) is 0 Å². The van der Waals surface area contributed by atoms with Gasteiger partial charge in [-0.3, -0.25) is 4.79 Å². The normalized spacial score (nSPS) is 51.3. The van der Waals surface area contributed by atoms with Crippen molar-refractivity contribution in [2.45, 2.75) is 105 Å². The van der Waals surface area contributed by atoms with Gasteiger partial charge < -0.3 is 9.84 Å². The lowest BCUT2D eigenvalue weighted by atomic mass is 9.36. The van der Waals surface area contributed by atoms with Crippen molar-refractivity contribution < 1.29 is 14.6 Å². The molecule has 1 N–H and O–H groups in total. The SMILES string of the molecule is C=C(C)[C@H]1[C@@H](O)C[C@]2(C)[C@H]3CC=C4[C@@H]5CC(C)(C)CC[C@]5(C(=O)OC)CC[C@@]4(C)[C@]3(C)CC[C@@H]12. The molecule has 0 aromatic heterocycles. The molecule has 0 heterocycles. The van der Waals surface area contributed by atoms with Gasteiger partial charge in [0.2, 0.25) is 0 Å². The molecule has 4 saturated carbocycles. The van der Waals surface area contributed by atoms with E-state index in [1.165, 1.54) is 12.8 Å². The highest BCUT2D eigenvalue weighted by Crippen LogP contribution is 2.75. The molecule has 0 spiro atoms. The molecule has 0 aromatic carbocycles. The van der Waals surface area contributed by atoms with Crippen LogP contribution in [0, 0.1) is 50.7 Å². The van der Waals surface area contributed by atoms with Crippen molar-refractivity contribution in [1.82, 2.24) is 0 Å². The summed E-state index contributed by atoms with van der Waals surface area (Å²) >= 11 is 0. The van der Waals surface area contributed by atoms with Gasteiger partial charge >= 0.3 is 5.97 Å². The lowest BCUT2D eigenvalue weighted by Gasteiger charge is -2.68. The summed E-state index contributed by atoms with van der Waals surface area (Å²) in [5, 5.41) is 11.1. The zero-order valence-electron chi connectivity index (χ0n) is 22.8. The van der Waals surface area contributed by atoms with Gasteiger partial charge in [0.25, 0.3) is 0 Å². The monoisotopic (exact) mass is 468 g/mol. The highest BCUT2D eigenvalue weighted by Gasteiger charge is 2.69. The zero-order valence-corrected chi connectivity index (χ0v) is 22.8. The van der Waals surface area contributed by atoms with Crippen molar-refractivity contribution in [1.29, 1.82) is 0 Å². The maximum absolute atomic E-state index is 13.3. The first-order valence-corrected chi connectivity index (χ1v) is 13.9. The summed E-state index contributed by atoms with van der Waals surface area (Å²) in [6, 6.07) is 0. The Balaban J connectivity index is 1.59. The standard InChI is InChI=1S/C31H48O3/c1-19(2)25-21-11-12-30(7)24(28(21,5)18-23(25)32)10-9-20-22-17-27(3,4)13-15-31(22,26(33)34-8)16-14-29(20,30)6/h9,21-25,32H,1,10-18H2,2-8H3/t21-,22-,23-,24+,25+,28-,29+,30+,31-/m0/s1. The van der Waals surface area contributed by atoms with Crippen LogP contribution in [0.3, 0.4) is 0 Å². The molecule has 4 fully saturated rings. The van der Waals surface area contributed by atoms with E-state index in [4.69, 9.17) is 4.74 Å². The van der Waals surface area contributed by atoms with Crippen LogP contribution in [0.4, 0.5) is 0 Å². The number of carbonyl (C=O) groups is 1. The van der Waals surface area contributed by atoms with Gasteiger partial charge in [-0.05, 0) is 104 Å². The van der Waals surface area contributed by atoms with Crippen molar-refractivity contribution in [2.75, 3.05) is 7.11 Å². The van der Waals surface area contributed by atoms with Crippen LogP contribution >= 0.6 is 0 Å². The lowest BCUT2D eigenvalue weighted by Crippen LogP contribution is -2.61. The highest BCUT2D eigenvalue weighted by atomic mass is 16.5. The van der Waals surface area contributed by atoms with Crippen LogP contribution in [0.1, 0.15) is 99.3 Å². The fraction of sp³-hybridized carbons (Fsp3) is 0.839. The molecule has 0 aromatic rings. The Labute approximate surface area is 207 Å². The number of hydrogen-bond donors (Lipinski definition) is 1. The number of hydrogen-bond acceptors (Lipinski definition) is 3. The molecular formula is C31H48O3. The number of methoxy groups -OCH3 is 1. The molecule has 0 bridgehead atoms. The molecule has 0 aliphatic heterocycles. The van der Waals surface area contributed by atoms with Crippen molar-refractivity contribution in [2.24, 2.45) is 50.7 Å². The van der Waals surface area contributed by atoms with E-state index < -0.39 is 0 Å². The van der Waals surface area contributed by atoms with E-state index in [-0.39, 0.29) is 45.1 Å². The average molecular weight is 469 g/mol. The Morgan fingerprint density at radius 1 is 1.06 bits per heavy atom. The Morgan fingerprint density at radius 3 is 2.38 bits per heavy atom. The van der Waals surface area contributed by atoms with Gasteiger partial charge in [-0.25, -0.2) is 0 Å². The number of allylic oxidation sites excluding steroid dienone is 2. The van der Waals surface area contributed by atoms with E-state index in [0.717, 1.165) is 50.5 Å². The van der Waals surface area contributed by atoms with Crippen LogP contribution in [0.2, 0.25) is 0 Å². The molecule has 34 heavy (non-hydrogen) atoms. The molecule has 9 atom stereocenters. The van der Waals surface area contributed by atoms with Gasteiger partial charge in [0.15, 0.2) is 0 Å². The molecule has 3 nitrogen and oxygen atoms in total. The predicted molar refractivity (Wildman–Crippen MR) is 137 cm³/mol. The highest BCUT2D eigenvalue weighted by molar-refractivity contribution is 5.78. The summed E-state index contributed by atoms with van der Waals surface area (Å²) in [6.07, 6.45) is 11.9. The minimum atomic E-state index is -0.339. The van der Waals surface area contributed by atoms with Crippen molar-refractivity contribution >= 4 is 5.97 Å². The van der Waals surface area contributed by atoms with E-state index in [1.54, 1.807) is 12.7 Å². The summed E-state index contributed by atoms with van der Waals surface area (Å²) in [5.41, 5.74) is 3.09. The summed E-state index contributed by atoms with van der Waals surface area (Å²) in [4.78, 5) is 13.3. The van der Waals surface area contributed by atoms with Crippen molar-refractivity contribution in [3.8, 4) is 0 Å². The van der Waals surface area contributed by atoms with Gasteiger partial charge in [0.05, 0.1) is 18.6 Å². The van der Waals surface area contributed by atoms with Gasteiger partial charge in [0.1, 0.15) is 0 Å². The first kappa shape index (κ1) is 24.6. The first-order valence-electron chi connectivity index (χ1n) is 13.9. The molecule has 190 valence electrons. The Morgan fingerprint density at radius 2 is 1.74 bits per heavy atom. The summed E-state index contributed by atoms with van der Waals surface area (Å²) < 4.78 is 5.48. The molecule has 0 saturated heterocycles. The molecule has 0 unspecified atom stereocenters. The van der Waals surface area contributed by atoms with Crippen LogP contribution in [0.5, 0.6) is 0 Å². The van der Waals surface area contributed by atoms with E-state index in [9.17, 15) is 9.90 Å². The summed E-state index contributed by atoms with van der Waals surface area (Å²) in [5.74, 6) is 1.66. The summed E-state index contributed by atoms with van der Waals surface area (Å²) in [7, 11) is 1.58. The zero-order chi connectivity index (χ0) is 24.9. The maximum Gasteiger partial charge on any atom is 0.312 e. The largest absolute Gasteiger partial charge is 0.469 e. The number of aliphatic hydroxyl groups is 1. The molecule has 5 aliphatic rings. The number of esters is 1. The van der Waals surface area contributed by atoms with Crippen LogP contribution < -0.4 is 0 Å². The van der Waals surface area contributed by atoms with Crippen LogP contribution in [0.15, 0.2) is 23.8 Å². The van der Waals surface area contributed by atoms with Crippen molar-refractivity contribution in [3.05, 3.63) is 23.8 Å². The van der Waals surface area contributed by atoms with Gasteiger partial charge in [0, 0.05) is 5.92 Å². The van der Waals surface area contributed by atoms with E-state index in [0.29, 0.717) is 17.8 Å². The maximum atomic E-state index is 13.3. The third-order valence-corrected chi connectivity index (χ3v) is 12.6. The Kier molecular flexibility index (Phi) is 5.40. The molecule has 5 aliphatic carbocycles. The Bertz CT molecular complexity index is 931. The molecule has 0 radical (unpaired) electrons. The minimum absolute atomic E-state index is 0.0297. The van der Waals surface area contributed by atoms with Crippen LogP contribution in [0.25, 0.3) is 0 Å². The van der Waals surface area contributed by atoms with E-state index >= 15 is 0 Å². The number of fused-ring (bicyclic) bond motifs is 7. The molecule has 5 rings (SSSR count). The number of rotatable bonds is 2. The van der Waals surface area contributed by atoms with Gasteiger partial charge in [-0.15, -0.1) is 0 Å². The molecule has 0 amide bonds. The number of aliphatic hydroxyl groups excluding tert-OH is 1. The van der Waals surface area contributed by atoms with Crippen molar-refractivity contribution in [3.63, 3.8) is 0 Å². The third kappa shape index (κ3) is 2.94. The van der Waals surface area contributed by atoms with E-state index in [1.807, 2.05) is 0 Å². The second kappa shape index (κ2) is 7.46. The van der Waals surface area contributed by atoms with Crippen LogP contribution in [-0.4, -0.2) is 24.3 Å². The number of ether oxygens (including phenoxy) is 1. The fourth-order valence-corrected chi connectivity index (χ4v) is 10.6. The predicted octanol–water partition coefficient (Wildman–Crippen LogP) is 7.10. The van der Waals surface area contributed by atoms with E-state index in [2.05, 4.69) is 54.2 Å². The second-order valence-corrected chi connectivity index (χ2v) is 14.6. The quantitative estimate of drug-likeness (QED) is 0.347. The fourth-order valence-electron chi connectivity index (χ4n) is 10.6. The second-order valence-electron chi connectivity index (χ2n) is 14.6. The molecule has 3 heteroatoms. The van der Waals surface area contributed by atoms with Crippen LogP contribution in [-0.2, 0) is 9.53 Å². The smallest absolute Gasteiger partial charge is 0.312 e. The Hall–Kier alpha value is -1.09. The average Bonchev–Trinajstić information content (AvgIpc) is 3.03. The van der Waals surface area contributed by atoms with Gasteiger partial charge in [-0.1, -0.05) is 58.4 Å². The number of carbonyl (C=O) groups excluding carboxylic acids is 1. The lowest BCUT2D eigenvalue weighted by molar-refractivity contribution is -0.174. The third-order valence-electron chi connectivity index (χ3n) is 12.6. The topological polar surface area (TPSA) is 46.5 Å². The summed E-state index contributed by atoms with van der Waals surface area (Å²) in [6.45, 7) is 18.8. The first-order chi connectivity index (χ1) is 15.8. The minimum Gasteiger partial charge on any atom is -0.469 e.